The standard InChI is InChI=1S/C9H14ClN3O2S/c1-6-5-7(10)12-8(11-6)13-16(14,15)9(2,3)4/h5H,1-4H3,(H,11,12,13). The van der Waals surface area contributed by atoms with Gasteiger partial charge in [-0.2, -0.15) is 0 Å². The van der Waals surface area contributed by atoms with Crippen molar-refractivity contribution in [2.45, 2.75) is 32.4 Å². The molecule has 0 saturated carbocycles. The van der Waals surface area contributed by atoms with Gasteiger partial charge in [0.1, 0.15) is 5.15 Å². The van der Waals surface area contributed by atoms with Gasteiger partial charge in [0.15, 0.2) is 0 Å². The summed E-state index contributed by atoms with van der Waals surface area (Å²) in [5.41, 5.74) is 0.603. The number of halogens is 1. The van der Waals surface area contributed by atoms with Crippen LogP contribution in [0.1, 0.15) is 26.5 Å². The van der Waals surface area contributed by atoms with Gasteiger partial charge >= 0.3 is 0 Å². The molecule has 0 saturated heterocycles. The van der Waals surface area contributed by atoms with Crippen LogP contribution in [-0.4, -0.2) is 23.1 Å². The molecule has 16 heavy (non-hydrogen) atoms. The third-order valence-electron chi connectivity index (χ3n) is 1.85. The number of rotatable bonds is 2. The van der Waals surface area contributed by atoms with Gasteiger partial charge in [-0.05, 0) is 33.8 Å². The first-order valence-corrected chi connectivity index (χ1v) is 6.51. The number of hydrogen-bond donors (Lipinski definition) is 1. The Morgan fingerprint density at radius 1 is 1.31 bits per heavy atom. The number of anilines is 1. The zero-order valence-corrected chi connectivity index (χ0v) is 11.1. The highest BCUT2D eigenvalue weighted by Gasteiger charge is 2.29. The molecular weight excluding hydrogens is 250 g/mol. The maximum absolute atomic E-state index is 11.8. The molecule has 0 atom stereocenters. The summed E-state index contributed by atoms with van der Waals surface area (Å²) < 4.78 is 25.0. The van der Waals surface area contributed by atoms with E-state index in [0.717, 1.165) is 0 Å². The highest BCUT2D eigenvalue weighted by Crippen LogP contribution is 2.18. The van der Waals surface area contributed by atoms with Gasteiger partial charge < -0.3 is 0 Å². The minimum atomic E-state index is -3.52. The molecule has 0 aliphatic carbocycles. The first kappa shape index (κ1) is 13.2. The summed E-state index contributed by atoms with van der Waals surface area (Å²) in [6.07, 6.45) is 0. The van der Waals surface area contributed by atoms with E-state index in [0.29, 0.717) is 5.69 Å². The number of hydrogen-bond acceptors (Lipinski definition) is 4. The summed E-state index contributed by atoms with van der Waals surface area (Å²) >= 11 is 5.71. The second-order valence-electron chi connectivity index (χ2n) is 4.37. The largest absolute Gasteiger partial charge is 0.251 e. The molecule has 1 heterocycles. The Morgan fingerprint density at radius 2 is 1.88 bits per heavy atom. The second-order valence-corrected chi connectivity index (χ2v) is 7.20. The van der Waals surface area contributed by atoms with Crippen molar-refractivity contribution in [1.82, 2.24) is 9.97 Å². The molecule has 7 heteroatoms. The zero-order chi connectivity index (χ0) is 12.6. The lowest BCUT2D eigenvalue weighted by molar-refractivity contribution is 0.565. The average Bonchev–Trinajstić information content (AvgIpc) is 1.97. The van der Waals surface area contributed by atoms with E-state index in [1.807, 2.05) is 0 Å². The van der Waals surface area contributed by atoms with Crippen LogP contribution in [0.3, 0.4) is 0 Å². The summed E-state index contributed by atoms with van der Waals surface area (Å²) in [5.74, 6) is -0.0000694. The topological polar surface area (TPSA) is 72.0 Å². The Kier molecular flexibility index (Phi) is 3.44. The van der Waals surface area contributed by atoms with Gasteiger partial charge in [0.2, 0.25) is 16.0 Å². The van der Waals surface area contributed by atoms with Crippen molar-refractivity contribution >= 4 is 27.6 Å². The van der Waals surface area contributed by atoms with Crippen LogP contribution in [0.25, 0.3) is 0 Å². The Labute approximate surface area is 100 Å². The van der Waals surface area contributed by atoms with Gasteiger partial charge in [-0.15, -0.1) is 0 Å². The number of nitrogens with zero attached hydrogens (tertiary/aromatic N) is 2. The van der Waals surface area contributed by atoms with Crippen molar-refractivity contribution in [2.75, 3.05) is 4.72 Å². The quantitative estimate of drug-likeness (QED) is 0.828. The molecule has 0 unspecified atom stereocenters. The fourth-order valence-corrected chi connectivity index (χ4v) is 1.72. The third-order valence-corrected chi connectivity index (χ3v) is 4.11. The van der Waals surface area contributed by atoms with Crippen LogP contribution < -0.4 is 4.72 Å². The van der Waals surface area contributed by atoms with E-state index in [1.165, 1.54) is 0 Å². The maximum atomic E-state index is 11.8. The summed E-state index contributed by atoms with van der Waals surface area (Å²) in [4.78, 5) is 7.74. The highest BCUT2D eigenvalue weighted by atomic mass is 35.5. The number of aromatic nitrogens is 2. The number of aryl methyl sites for hydroxylation is 1. The summed E-state index contributed by atoms with van der Waals surface area (Å²) in [5, 5.41) is 0.208. The van der Waals surface area contributed by atoms with Crippen LogP contribution in [-0.2, 0) is 10.0 Å². The molecule has 0 spiro atoms. The maximum Gasteiger partial charge on any atom is 0.239 e. The van der Waals surface area contributed by atoms with Gasteiger partial charge in [-0.1, -0.05) is 11.6 Å². The normalized spacial score (nSPS) is 12.6. The fourth-order valence-electron chi connectivity index (χ4n) is 0.849. The van der Waals surface area contributed by atoms with Crippen molar-refractivity contribution in [1.29, 1.82) is 0 Å². The van der Waals surface area contributed by atoms with Gasteiger partial charge in [-0.25, -0.2) is 18.4 Å². The van der Waals surface area contributed by atoms with Crippen molar-refractivity contribution in [3.63, 3.8) is 0 Å². The molecule has 0 aliphatic rings. The number of sulfonamides is 1. The van der Waals surface area contributed by atoms with E-state index < -0.39 is 14.8 Å². The molecule has 0 amide bonds. The minimum Gasteiger partial charge on any atom is -0.251 e. The SMILES string of the molecule is Cc1cc(Cl)nc(NS(=O)(=O)C(C)(C)C)n1. The van der Waals surface area contributed by atoms with Crippen molar-refractivity contribution in [2.24, 2.45) is 0 Å². The van der Waals surface area contributed by atoms with Crippen molar-refractivity contribution < 1.29 is 8.42 Å². The Hall–Kier alpha value is -0.880. The van der Waals surface area contributed by atoms with E-state index in [9.17, 15) is 8.42 Å². The molecule has 0 fully saturated rings. The molecule has 1 N–H and O–H groups in total. The molecule has 1 rings (SSSR count). The van der Waals surface area contributed by atoms with E-state index in [-0.39, 0.29) is 11.1 Å². The fraction of sp³-hybridized carbons (Fsp3) is 0.556. The molecule has 0 aliphatic heterocycles. The smallest absolute Gasteiger partial charge is 0.239 e. The molecule has 1 aromatic heterocycles. The third kappa shape index (κ3) is 3.05. The number of nitrogens with one attached hydrogen (secondary N) is 1. The molecule has 5 nitrogen and oxygen atoms in total. The highest BCUT2D eigenvalue weighted by molar-refractivity contribution is 7.94. The van der Waals surface area contributed by atoms with Gasteiger partial charge in [-0.3, -0.25) is 4.72 Å². The van der Waals surface area contributed by atoms with Crippen molar-refractivity contribution in [3.05, 3.63) is 16.9 Å². The monoisotopic (exact) mass is 263 g/mol. The van der Waals surface area contributed by atoms with Crippen LogP contribution in [0, 0.1) is 6.92 Å². The molecule has 0 bridgehead atoms. The minimum absolute atomic E-state index is 0.0000694. The van der Waals surface area contributed by atoms with Gasteiger partial charge in [0.25, 0.3) is 0 Å². The van der Waals surface area contributed by atoms with E-state index in [1.54, 1.807) is 33.8 Å². The Bertz CT molecular complexity index is 474. The van der Waals surface area contributed by atoms with Crippen LogP contribution in [0.2, 0.25) is 5.15 Å². The van der Waals surface area contributed by atoms with Crippen LogP contribution in [0.4, 0.5) is 5.95 Å². The zero-order valence-electron chi connectivity index (χ0n) is 9.57. The summed E-state index contributed by atoms with van der Waals surface area (Å²) in [6.45, 7) is 6.48. The molecule has 0 aromatic carbocycles. The lowest BCUT2D eigenvalue weighted by Crippen LogP contribution is -2.34. The Balaban J connectivity index is 3.07. The Morgan fingerprint density at radius 3 is 2.31 bits per heavy atom. The van der Waals surface area contributed by atoms with E-state index >= 15 is 0 Å². The molecule has 0 radical (unpaired) electrons. The predicted molar refractivity (Wildman–Crippen MR) is 64.1 cm³/mol. The van der Waals surface area contributed by atoms with Crippen LogP contribution in [0.5, 0.6) is 0 Å². The van der Waals surface area contributed by atoms with E-state index in [4.69, 9.17) is 11.6 Å². The summed E-state index contributed by atoms with van der Waals surface area (Å²) in [7, 11) is -3.52. The first-order valence-electron chi connectivity index (χ1n) is 4.65. The van der Waals surface area contributed by atoms with Gasteiger partial charge in [0.05, 0.1) is 4.75 Å². The van der Waals surface area contributed by atoms with Gasteiger partial charge in [0, 0.05) is 5.69 Å². The van der Waals surface area contributed by atoms with Crippen molar-refractivity contribution in [3.8, 4) is 0 Å². The second kappa shape index (κ2) is 4.18. The molecule has 1 aromatic rings. The first-order chi connectivity index (χ1) is 7.12. The average molecular weight is 264 g/mol. The van der Waals surface area contributed by atoms with Crippen LogP contribution >= 0.6 is 11.6 Å². The molecular formula is C9H14ClN3O2S. The predicted octanol–water partition coefficient (Wildman–Crippen LogP) is 1.98. The summed E-state index contributed by atoms with van der Waals surface area (Å²) in [6, 6.07) is 1.55. The lowest BCUT2D eigenvalue weighted by Gasteiger charge is -2.19. The molecule has 90 valence electrons. The lowest BCUT2D eigenvalue weighted by atomic mass is 10.3. The van der Waals surface area contributed by atoms with Crippen LogP contribution in [0.15, 0.2) is 6.07 Å². The van der Waals surface area contributed by atoms with E-state index in [2.05, 4.69) is 14.7 Å².